The topological polar surface area (TPSA) is 83.9 Å². The molecule has 0 saturated heterocycles. The van der Waals surface area contributed by atoms with Crippen LogP contribution in [0.2, 0.25) is 0 Å². The minimum absolute atomic E-state index is 0.0775. The number of nitrogens with one attached hydrogen (secondary N) is 1. The van der Waals surface area contributed by atoms with E-state index in [9.17, 15) is 9.59 Å². The largest absolute Gasteiger partial charge is 0.342 e. The van der Waals surface area contributed by atoms with Gasteiger partial charge in [0.25, 0.3) is 5.56 Å². The average molecular weight is 377 g/mol. The third kappa shape index (κ3) is 3.47. The number of hydrogen-bond donors (Lipinski definition) is 1. The third-order valence-corrected chi connectivity index (χ3v) is 5.15. The van der Waals surface area contributed by atoms with E-state index in [0.29, 0.717) is 36.6 Å². The molecule has 1 atom stereocenters. The molecule has 7 nitrogen and oxygen atoms in total. The van der Waals surface area contributed by atoms with Gasteiger partial charge in [-0.3, -0.25) is 14.6 Å². The molecular formula is C21H23N5O2. The summed E-state index contributed by atoms with van der Waals surface area (Å²) in [6.45, 7) is 2.97. The van der Waals surface area contributed by atoms with Gasteiger partial charge in [0.15, 0.2) is 0 Å². The molecule has 0 bridgehead atoms. The minimum Gasteiger partial charge on any atom is -0.342 e. The molecule has 1 N–H and O–H groups in total. The van der Waals surface area contributed by atoms with Crippen LogP contribution in [0.3, 0.4) is 0 Å². The lowest BCUT2D eigenvalue weighted by molar-refractivity contribution is -0.136. The molecule has 0 fully saturated rings. The number of nitrogens with zero attached hydrogens (tertiary/aromatic N) is 4. The zero-order chi connectivity index (χ0) is 19.5. The van der Waals surface area contributed by atoms with Gasteiger partial charge < -0.3 is 14.5 Å². The van der Waals surface area contributed by atoms with E-state index >= 15 is 0 Å². The third-order valence-electron chi connectivity index (χ3n) is 5.15. The molecule has 1 aliphatic rings. The Balaban J connectivity index is 1.62. The highest BCUT2D eigenvalue weighted by Crippen LogP contribution is 2.23. The number of fused-ring (bicyclic) bond motifs is 1. The lowest BCUT2D eigenvalue weighted by Gasteiger charge is -2.31. The van der Waals surface area contributed by atoms with Gasteiger partial charge in [0.05, 0.1) is 12.2 Å². The van der Waals surface area contributed by atoms with Crippen molar-refractivity contribution < 1.29 is 4.79 Å². The summed E-state index contributed by atoms with van der Waals surface area (Å²) in [7, 11) is 0. The van der Waals surface area contributed by atoms with E-state index in [-0.39, 0.29) is 17.5 Å². The maximum absolute atomic E-state index is 13.2. The van der Waals surface area contributed by atoms with Gasteiger partial charge in [-0.25, -0.2) is 4.98 Å². The van der Waals surface area contributed by atoms with Crippen molar-refractivity contribution in [2.45, 2.75) is 38.8 Å². The summed E-state index contributed by atoms with van der Waals surface area (Å²) in [5.74, 6) is 0.565. The smallest absolute Gasteiger partial charge is 0.254 e. The van der Waals surface area contributed by atoms with Crippen LogP contribution < -0.4 is 5.56 Å². The number of aromatic amines is 1. The van der Waals surface area contributed by atoms with Crippen molar-refractivity contribution in [3.05, 3.63) is 70.7 Å². The zero-order valence-corrected chi connectivity index (χ0v) is 15.8. The predicted octanol–water partition coefficient (Wildman–Crippen LogP) is 2.56. The minimum atomic E-state index is -0.221. The number of pyridine rings is 1. The Bertz CT molecular complexity index is 1010. The van der Waals surface area contributed by atoms with E-state index in [1.165, 1.54) is 0 Å². The van der Waals surface area contributed by atoms with Gasteiger partial charge in [0.2, 0.25) is 5.91 Å². The highest BCUT2D eigenvalue weighted by atomic mass is 16.2. The Morgan fingerprint density at radius 2 is 2.11 bits per heavy atom. The number of carbonyl (C=O) groups is 1. The Labute approximate surface area is 163 Å². The van der Waals surface area contributed by atoms with E-state index < -0.39 is 0 Å². The first kappa shape index (κ1) is 18.2. The quantitative estimate of drug-likeness (QED) is 0.741. The second-order valence-corrected chi connectivity index (χ2v) is 7.03. The number of rotatable bonds is 5. The molecule has 0 radical (unpaired) electrons. The van der Waals surface area contributed by atoms with Crippen LogP contribution in [0.25, 0.3) is 11.4 Å². The van der Waals surface area contributed by atoms with Crippen LogP contribution in [-0.4, -0.2) is 36.9 Å². The molecule has 3 aromatic rings. The van der Waals surface area contributed by atoms with Crippen LogP contribution in [0.5, 0.6) is 0 Å². The predicted molar refractivity (Wildman–Crippen MR) is 106 cm³/mol. The van der Waals surface area contributed by atoms with E-state index in [4.69, 9.17) is 0 Å². The van der Waals surface area contributed by atoms with Gasteiger partial charge in [0, 0.05) is 42.5 Å². The zero-order valence-electron chi connectivity index (χ0n) is 15.8. The molecule has 3 aromatic heterocycles. The van der Waals surface area contributed by atoms with Crippen molar-refractivity contribution in [2.75, 3.05) is 6.54 Å². The summed E-state index contributed by atoms with van der Waals surface area (Å²) < 4.78 is 1.97. The van der Waals surface area contributed by atoms with E-state index in [1.807, 2.05) is 40.1 Å². The molecule has 144 valence electrons. The number of H-pyrrole nitrogens is 1. The van der Waals surface area contributed by atoms with Gasteiger partial charge in [-0.15, -0.1) is 0 Å². The van der Waals surface area contributed by atoms with Gasteiger partial charge in [-0.05, 0) is 37.1 Å². The van der Waals surface area contributed by atoms with Crippen LogP contribution >= 0.6 is 0 Å². The second-order valence-electron chi connectivity index (χ2n) is 7.03. The van der Waals surface area contributed by atoms with Crippen LogP contribution in [0, 0.1) is 0 Å². The van der Waals surface area contributed by atoms with Crippen LogP contribution in [0.4, 0.5) is 0 Å². The fourth-order valence-corrected chi connectivity index (χ4v) is 3.71. The molecule has 0 unspecified atom stereocenters. The van der Waals surface area contributed by atoms with Crippen molar-refractivity contribution in [1.29, 1.82) is 0 Å². The van der Waals surface area contributed by atoms with Crippen molar-refractivity contribution in [1.82, 2.24) is 24.4 Å². The number of aromatic nitrogens is 4. The fraction of sp³-hybridized carbons (Fsp3) is 0.333. The van der Waals surface area contributed by atoms with Gasteiger partial charge in [0.1, 0.15) is 11.9 Å². The van der Waals surface area contributed by atoms with Crippen LogP contribution in [0.1, 0.15) is 37.1 Å². The first-order chi connectivity index (χ1) is 13.7. The Morgan fingerprint density at radius 3 is 2.82 bits per heavy atom. The normalized spacial score (nSPS) is 14.5. The first-order valence-electron chi connectivity index (χ1n) is 9.61. The van der Waals surface area contributed by atoms with Crippen molar-refractivity contribution in [3.63, 3.8) is 0 Å². The highest BCUT2D eigenvalue weighted by molar-refractivity contribution is 5.80. The molecule has 0 aromatic carbocycles. The second kappa shape index (κ2) is 7.80. The molecule has 0 spiro atoms. The Kier molecular flexibility index (Phi) is 5.06. The number of carbonyl (C=O) groups excluding carboxylic acids is 1. The summed E-state index contributed by atoms with van der Waals surface area (Å²) in [6.07, 6.45) is 9.42. The highest BCUT2D eigenvalue weighted by Gasteiger charge is 2.29. The van der Waals surface area contributed by atoms with Crippen molar-refractivity contribution >= 4 is 5.91 Å². The molecule has 7 heteroatoms. The maximum atomic E-state index is 13.2. The molecular weight excluding hydrogens is 354 g/mol. The molecule has 4 heterocycles. The van der Waals surface area contributed by atoms with E-state index in [0.717, 1.165) is 18.4 Å². The average Bonchev–Trinajstić information content (AvgIpc) is 3.26. The lowest BCUT2D eigenvalue weighted by Crippen LogP contribution is -2.42. The van der Waals surface area contributed by atoms with Crippen molar-refractivity contribution in [2.24, 2.45) is 0 Å². The van der Waals surface area contributed by atoms with Gasteiger partial charge >= 0.3 is 0 Å². The van der Waals surface area contributed by atoms with E-state index in [1.54, 1.807) is 18.5 Å². The summed E-state index contributed by atoms with van der Waals surface area (Å²) in [5, 5.41) is 0. The van der Waals surface area contributed by atoms with Gasteiger partial charge in [-0.2, -0.15) is 0 Å². The standard InChI is InChI=1S/C21H23N5O2/c1-2-6-18(25-10-3-4-11-25)21(28)26-12-8-16-17(14-26)23-19(24-20(16)27)15-7-5-9-22-13-15/h3-5,7,9-11,13,18H,2,6,8,12,14H2,1H3,(H,23,24,27)/t18-/m0/s1. The van der Waals surface area contributed by atoms with Gasteiger partial charge in [-0.1, -0.05) is 13.3 Å². The van der Waals surface area contributed by atoms with Crippen LogP contribution in [0.15, 0.2) is 53.8 Å². The van der Waals surface area contributed by atoms with E-state index in [2.05, 4.69) is 21.9 Å². The lowest BCUT2D eigenvalue weighted by atomic mass is 10.0. The fourth-order valence-electron chi connectivity index (χ4n) is 3.71. The number of hydrogen-bond acceptors (Lipinski definition) is 4. The SMILES string of the molecule is CCC[C@@H](C(=O)N1CCc2c(nc(-c3cccnc3)[nH]c2=O)C1)n1cccc1. The number of amides is 1. The molecule has 1 amide bonds. The Hall–Kier alpha value is -3.22. The maximum Gasteiger partial charge on any atom is 0.254 e. The van der Waals surface area contributed by atoms with Crippen LogP contribution in [-0.2, 0) is 17.8 Å². The Morgan fingerprint density at radius 1 is 1.29 bits per heavy atom. The monoisotopic (exact) mass is 377 g/mol. The summed E-state index contributed by atoms with van der Waals surface area (Å²) in [5.41, 5.74) is 1.96. The molecule has 28 heavy (non-hydrogen) atoms. The molecule has 0 saturated carbocycles. The summed E-state index contributed by atoms with van der Waals surface area (Å²) >= 11 is 0. The summed E-state index contributed by atoms with van der Waals surface area (Å²) in [6, 6.07) is 7.30. The molecule has 1 aliphatic heterocycles. The summed E-state index contributed by atoms with van der Waals surface area (Å²) in [4.78, 5) is 39.2. The molecule has 4 rings (SSSR count). The molecule has 0 aliphatic carbocycles. The van der Waals surface area contributed by atoms with Crippen molar-refractivity contribution in [3.8, 4) is 11.4 Å². The first-order valence-corrected chi connectivity index (χ1v) is 9.61.